The fourth-order valence-corrected chi connectivity index (χ4v) is 7.60. The number of anilines is 1. The summed E-state index contributed by atoms with van der Waals surface area (Å²) in [6.45, 7) is 3.81. The molecule has 2 fully saturated rings. The van der Waals surface area contributed by atoms with E-state index in [0.717, 1.165) is 29.1 Å². The number of benzene rings is 2. The van der Waals surface area contributed by atoms with Crippen LogP contribution in [-0.2, 0) is 16.4 Å². The van der Waals surface area contributed by atoms with Gasteiger partial charge in [-0.05, 0) is 79.8 Å². The molecule has 194 valence electrons. The van der Waals surface area contributed by atoms with Crippen LogP contribution in [-0.4, -0.2) is 54.9 Å². The third-order valence-corrected chi connectivity index (χ3v) is 10.1. The monoisotopic (exact) mass is 524 g/mol. The highest BCUT2D eigenvalue weighted by Gasteiger charge is 2.45. The Balaban J connectivity index is 1.29. The molecule has 2 atom stereocenters. The van der Waals surface area contributed by atoms with Crippen LogP contribution in [0.15, 0.2) is 65.2 Å². The average molecular weight is 525 g/mol. The molecule has 6 rings (SSSR count). The maximum Gasteiger partial charge on any atom is 0.243 e. The minimum absolute atomic E-state index is 0.256. The van der Waals surface area contributed by atoms with E-state index in [2.05, 4.69) is 18.1 Å². The molecule has 2 aromatic carbocycles. The van der Waals surface area contributed by atoms with Crippen molar-refractivity contribution < 1.29 is 17.2 Å². The zero-order chi connectivity index (χ0) is 25.8. The highest BCUT2D eigenvalue weighted by atomic mass is 32.2. The van der Waals surface area contributed by atoms with E-state index in [9.17, 15) is 17.2 Å². The number of sulfonamides is 1. The molecule has 1 aromatic heterocycles. The number of alkyl halides is 1. The molecule has 1 aliphatic carbocycles. The molecule has 0 amide bonds. The first kappa shape index (κ1) is 24.3. The maximum absolute atomic E-state index is 13.8. The third kappa shape index (κ3) is 4.18. The number of rotatable bonds is 5. The van der Waals surface area contributed by atoms with Crippen LogP contribution < -0.4 is 4.90 Å². The fraction of sp³-hybridized carbons (Fsp3) is 0.393. The Labute approximate surface area is 216 Å². The van der Waals surface area contributed by atoms with Crippen molar-refractivity contribution in [2.45, 2.75) is 43.7 Å². The number of fused-ring (bicyclic) bond motifs is 2. The summed E-state index contributed by atoms with van der Waals surface area (Å²) in [4.78, 5) is 2.17. The summed E-state index contributed by atoms with van der Waals surface area (Å²) < 4.78 is 58.2. The SMILES string of the molecule is CC[C@]12Cc3cnn(-c4ccc(F)cc4)c3C=C1CCN(S(=O)(=O)c1cccc(N3CC[C@H](F)C3)c1)C2. The topological polar surface area (TPSA) is 58.4 Å². The van der Waals surface area contributed by atoms with Gasteiger partial charge in [0.15, 0.2) is 0 Å². The summed E-state index contributed by atoms with van der Waals surface area (Å²) in [6.07, 6.45) is 5.73. The number of aromatic nitrogens is 2. The molecular formula is C28H30F2N4O2S. The zero-order valence-corrected chi connectivity index (χ0v) is 21.6. The quantitative estimate of drug-likeness (QED) is 0.472. The van der Waals surface area contributed by atoms with Crippen LogP contribution in [0.2, 0.25) is 0 Å². The van der Waals surface area contributed by atoms with Crippen molar-refractivity contribution in [3.8, 4) is 5.69 Å². The van der Waals surface area contributed by atoms with Crippen molar-refractivity contribution in [3.63, 3.8) is 0 Å². The zero-order valence-electron chi connectivity index (χ0n) is 20.8. The first-order valence-electron chi connectivity index (χ1n) is 12.8. The van der Waals surface area contributed by atoms with Gasteiger partial charge in [-0.2, -0.15) is 9.40 Å². The van der Waals surface area contributed by atoms with Gasteiger partial charge in [-0.25, -0.2) is 21.9 Å². The van der Waals surface area contributed by atoms with Crippen LogP contribution >= 0.6 is 0 Å². The normalized spacial score (nSPS) is 24.0. The van der Waals surface area contributed by atoms with Crippen molar-refractivity contribution in [2.24, 2.45) is 5.41 Å². The third-order valence-electron chi connectivity index (χ3n) is 8.22. The van der Waals surface area contributed by atoms with E-state index < -0.39 is 16.2 Å². The summed E-state index contributed by atoms with van der Waals surface area (Å²) >= 11 is 0. The smallest absolute Gasteiger partial charge is 0.243 e. The second kappa shape index (κ2) is 9.06. The molecule has 0 unspecified atom stereocenters. The molecule has 0 saturated carbocycles. The number of nitrogens with zero attached hydrogens (tertiary/aromatic N) is 4. The van der Waals surface area contributed by atoms with Gasteiger partial charge in [-0.15, -0.1) is 0 Å². The van der Waals surface area contributed by atoms with E-state index >= 15 is 0 Å². The predicted octanol–water partition coefficient (Wildman–Crippen LogP) is 4.99. The molecule has 6 nitrogen and oxygen atoms in total. The number of hydrogen-bond donors (Lipinski definition) is 0. The van der Waals surface area contributed by atoms with Crippen molar-refractivity contribution in [2.75, 3.05) is 31.1 Å². The van der Waals surface area contributed by atoms with Crippen molar-refractivity contribution in [1.82, 2.24) is 14.1 Å². The molecule has 3 heterocycles. The minimum atomic E-state index is -3.72. The van der Waals surface area contributed by atoms with E-state index in [1.54, 1.807) is 34.6 Å². The molecule has 2 aliphatic heterocycles. The standard InChI is InChI=1S/C28H30F2N4O2S/c1-2-28-16-20-17-31-34(24-8-6-22(29)7-9-24)27(20)14-21(28)10-13-33(19-28)37(35,36)26-5-3-4-25(15-26)32-12-11-23(30)18-32/h3-9,14-15,17,23H,2,10-13,16,18-19H2,1H3/t23-,28+/m0/s1. The van der Waals surface area contributed by atoms with Crippen LogP contribution in [0.5, 0.6) is 0 Å². The van der Waals surface area contributed by atoms with Gasteiger partial charge in [-0.3, -0.25) is 0 Å². The number of piperidine rings is 1. The van der Waals surface area contributed by atoms with Crippen LogP contribution in [0.1, 0.15) is 37.4 Å². The van der Waals surface area contributed by atoms with E-state index in [1.807, 2.05) is 21.8 Å². The second-order valence-corrected chi connectivity index (χ2v) is 12.3. The summed E-state index contributed by atoms with van der Waals surface area (Å²) in [6, 6.07) is 13.2. The first-order valence-corrected chi connectivity index (χ1v) is 14.3. The first-order chi connectivity index (χ1) is 17.8. The van der Waals surface area contributed by atoms with Gasteiger partial charge in [0.05, 0.1) is 22.5 Å². The highest BCUT2D eigenvalue weighted by Crippen LogP contribution is 2.47. The summed E-state index contributed by atoms with van der Waals surface area (Å²) in [5.41, 5.74) is 4.51. The average Bonchev–Trinajstić information content (AvgIpc) is 3.53. The van der Waals surface area contributed by atoms with Crippen LogP contribution in [0, 0.1) is 11.2 Å². The van der Waals surface area contributed by atoms with Crippen molar-refractivity contribution in [3.05, 3.63) is 77.4 Å². The second-order valence-electron chi connectivity index (χ2n) is 10.3. The molecule has 0 spiro atoms. The van der Waals surface area contributed by atoms with Crippen molar-refractivity contribution in [1.29, 1.82) is 0 Å². The lowest BCUT2D eigenvalue weighted by Gasteiger charge is -2.45. The Morgan fingerprint density at radius 3 is 2.65 bits per heavy atom. The van der Waals surface area contributed by atoms with E-state index in [-0.39, 0.29) is 16.1 Å². The minimum Gasteiger partial charge on any atom is -0.368 e. The fourth-order valence-electron chi connectivity index (χ4n) is 6.03. The van der Waals surface area contributed by atoms with E-state index in [1.165, 1.54) is 17.7 Å². The van der Waals surface area contributed by atoms with Gasteiger partial charge in [0.1, 0.15) is 12.0 Å². The Bertz CT molecular complexity index is 1470. The largest absolute Gasteiger partial charge is 0.368 e. The summed E-state index contributed by atoms with van der Waals surface area (Å²) in [5.74, 6) is -0.292. The lowest BCUT2D eigenvalue weighted by molar-refractivity contribution is 0.204. The molecule has 0 radical (unpaired) electrons. The van der Waals surface area contributed by atoms with Crippen molar-refractivity contribution >= 4 is 21.8 Å². The Morgan fingerprint density at radius 1 is 1.11 bits per heavy atom. The Kier molecular flexibility index (Phi) is 5.95. The van der Waals surface area contributed by atoms with Crippen LogP contribution in [0.25, 0.3) is 11.8 Å². The van der Waals surface area contributed by atoms with E-state index in [4.69, 9.17) is 0 Å². The molecular weight excluding hydrogens is 494 g/mol. The van der Waals surface area contributed by atoms with Gasteiger partial charge >= 0.3 is 0 Å². The molecule has 3 aliphatic rings. The Hall–Kier alpha value is -3.04. The predicted molar refractivity (Wildman–Crippen MR) is 139 cm³/mol. The van der Waals surface area contributed by atoms with Gasteiger partial charge in [0, 0.05) is 37.3 Å². The maximum atomic E-state index is 13.8. The lowest BCUT2D eigenvalue weighted by atomic mass is 9.67. The van der Waals surface area contributed by atoms with E-state index in [0.29, 0.717) is 45.4 Å². The molecule has 9 heteroatoms. The molecule has 0 N–H and O–H groups in total. The Morgan fingerprint density at radius 2 is 1.92 bits per heavy atom. The molecule has 37 heavy (non-hydrogen) atoms. The summed E-state index contributed by atoms with van der Waals surface area (Å²) in [7, 11) is -3.72. The van der Waals surface area contributed by atoms with Crippen LogP contribution in [0.4, 0.5) is 14.5 Å². The number of hydrogen-bond acceptors (Lipinski definition) is 4. The van der Waals surface area contributed by atoms with Crippen LogP contribution in [0.3, 0.4) is 0 Å². The molecule has 3 aromatic rings. The lowest BCUT2D eigenvalue weighted by Crippen LogP contribution is -2.49. The van der Waals surface area contributed by atoms with Gasteiger partial charge < -0.3 is 4.90 Å². The van der Waals surface area contributed by atoms with Gasteiger partial charge in [0.25, 0.3) is 0 Å². The highest BCUT2D eigenvalue weighted by molar-refractivity contribution is 7.89. The molecule has 2 saturated heterocycles. The number of halogens is 2. The molecule has 0 bridgehead atoms. The van der Waals surface area contributed by atoms with Gasteiger partial charge in [-0.1, -0.05) is 18.6 Å². The summed E-state index contributed by atoms with van der Waals surface area (Å²) in [5, 5.41) is 4.58. The van der Waals surface area contributed by atoms with Gasteiger partial charge in [0.2, 0.25) is 10.0 Å².